The molecule has 1 aliphatic rings. The number of carbonyl (C=O) groups is 1. The average molecular weight is 346 g/mol. The van der Waals surface area contributed by atoms with Gasteiger partial charge in [0.25, 0.3) is 0 Å². The summed E-state index contributed by atoms with van der Waals surface area (Å²) >= 11 is 0. The van der Waals surface area contributed by atoms with E-state index in [0.29, 0.717) is 18.9 Å². The van der Waals surface area contributed by atoms with Crippen LogP contribution in [0.2, 0.25) is 0 Å². The van der Waals surface area contributed by atoms with Crippen molar-refractivity contribution in [1.82, 2.24) is 0 Å². The number of hydrogen-bond donors (Lipinski definition) is 1. The Morgan fingerprint density at radius 3 is 2.04 bits per heavy atom. The topological polar surface area (TPSA) is 52.3 Å². The first kappa shape index (κ1) is 18.5. The molecule has 0 saturated heterocycles. The van der Waals surface area contributed by atoms with Crippen molar-refractivity contribution in [2.75, 3.05) is 6.61 Å². The number of rotatable bonds is 5. The Morgan fingerprint density at radius 1 is 1.04 bits per heavy atom. The standard InChI is InChI=1S/C20H23NO2.ClH/c1-13(2)11-19(21)20(22)23-12-18-16-9-5-3-7-14(16)15-8-4-6-10-17(15)18;/h3-10,13,18-19H,11-12,21H2,1-2H3;1H. The van der Waals surface area contributed by atoms with Gasteiger partial charge >= 0.3 is 5.97 Å². The minimum absolute atomic E-state index is 0. The van der Waals surface area contributed by atoms with Gasteiger partial charge in [0.1, 0.15) is 12.6 Å². The van der Waals surface area contributed by atoms with Gasteiger partial charge in [-0.3, -0.25) is 4.79 Å². The molecular formula is C20H24ClNO2. The van der Waals surface area contributed by atoms with Crippen LogP contribution in [0.3, 0.4) is 0 Å². The van der Waals surface area contributed by atoms with Crippen molar-refractivity contribution in [3.05, 3.63) is 59.7 Å². The zero-order valence-corrected chi connectivity index (χ0v) is 14.9. The lowest BCUT2D eigenvalue weighted by molar-refractivity contribution is -0.145. The first-order valence-electron chi connectivity index (χ1n) is 8.18. The summed E-state index contributed by atoms with van der Waals surface area (Å²) in [6.07, 6.45) is 0.649. The Kier molecular flexibility index (Phi) is 6.03. The predicted molar refractivity (Wildman–Crippen MR) is 99.4 cm³/mol. The summed E-state index contributed by atoms with van der Waals surface area (Å²) in [6.45, 7) is 4.45. The third-order valence-corrected chi connectivity index (χ3v) is 4.38. The SMILES string of the molecule is CC(C)CC(N)C(=O)OCC1c2ccccc2-c2ccccc21.Cl. The van der Waals surface area contributed by atoms with Crippen LogP contribution in [0, 0.1) is 5.92 Å². The van der Waals surface area contributed by atoms with E-state index in [1.165, 1.54) is 22.3 Å². The highest BCUT2D eigenvalue weighted by molar-refractivity contribution is 5.85. The molecule has 24 heavy (non-hydrogen) atoms. The molecule has 1 unspecified atom stereocenters. The molecule has 0 saturated carbocycles. The highest BCUT2D eigenvalue weighted by Crippen LogP contribution is 2.44. The predicted octanol–water partition coefficient (Wildman–Crippen LogP) is 4.14. The van der Waals surface area contributed by atoms with Gasteiger partial charge in [-0.15, -0.1) is 12.4 Å². The lowest BCUT2D eigenvalue weighted by Gasteiger charge is -2.17. The van der Waals surface area contributed by atoms with Crippen LogP contribution < -0.4 is 5.73 Å². The molecule has 0 fully saturated rings. The summed E-state index contributed by atoms with van der Waals surface area (Å²) in [4.78, 5) is 12.1. The Labute approximate surface area is 149 Å². The van der Waals surface area contributed by atoms with Gasteiger partial charge < -0.3 is 10.5 Å². The normalized spacial score (nSPS) is 13.8. The Morgan fingerprint density at radius 2 is 1.54 bits per heavy atom. The van der Waals surface area contributed by atoms with Crippen LogP contribution in [0.5, 0.6) is 0 Å². The van der Waals surface area contributed by atoms with Crippen LogP contribution >= 0.6 is 12.4 Å². The van der Waals surface area contributed by atoms with E-state index in [9.17, 15) is 4.79 Å². The van der Waals surface area contributed by atoms with Gasteiger partial charge in [0.05, 0.1) is 0 Å². The first-order valence-corrected chi connectivity index (χ1v) is 8.18. The largest absolute Gasteiger partial charge is 0.464 e. The average Bonchev–Trinajstić information content (AvgIpc) is 2.86. The summed E-state index contributed by atoms with van der Waals surface area (Å²) in [5.41, 5.74) is 10.8. The van der Waals surface area contributed by atoms with E-state index < -0.39 is 6.04 Å². The van der Waals surface area contributed by atoms with Crippen molar-refractivity contribution in [1.29, 1.82) is 0 Å². The van der Waals surface area contributed by atoms with Crippen LogP contribution in [0.15, 0.2) is 48.5 Å². The van der Waals surface area contributed by atoms with E-state index in [-0.39, 0.29) is 24.3 Å². The molecule has 3 rings (SSSR count). The lowest BCUT2D eigenvalue weighted by atomic mass is 9.98. The fourth-order valence-electron chi connectivity index (χ4n) is 3.32. The van der Waals surface area contributed by atoms with Gasteiger partial charge in [-0.1, -0.05) is 62.4 Å². The first-order chi connectivity index (χ1) is 11.1. The molecule has 0 spiro atoms. The monoisotopic (exact) mass is 345 g/mol. The Hall–Kier alpha value is -1.84. The van der Waals surface area contributed by atoms with Crippen LogP contribution in [0.25, 0.3) is 11.1 Å². The molecule has 0 aromatic heterocycles. The number of hydrogen-bond acceptors (Lipinski definition) is 3. The van der Waals surface area contributed by atoms with Gasteiger partial charge in [-0.05, 0) is 34.6 Å². The van der Waals surface area contributed by atoms with E-state index >= 15 is 0 Å². The van der Waals surface area contributed by atoms with Crippen LogP contribution in [-0.2, 0) is 9.53 Å². The summed E-state index contributed by atoms with van der Waals surface area (Å²) in [5.74, 6) is 0.170. The number of esters is 1. The zero-order valence-electron chi connectivity index (χ0n) is 14.1. The van der Waals surface area contributed by atoms with E-state index in [0.717, 1.165) is 0 Å². The van der Waals surface area contributed by atoms with Crippen molar-refractivity contribution in [3.8, 4) is 11.1 Å². The molecule has 2 aromatic rings. The van der Waals surface area contributed by atoms with Gasteiger partial charge in [-0.2, -0.15) is 0 Å². The molecule has 4 heteroatoms. The van der Waals surface area contributed by atoms with Gasteiger partial charge in [-0.25, -0.2) is 0 Å². The molecule has 0 heterocycles. The lowest BCUT2D eigenvalue weighted by Crippen LogP contribution is -2.34. The molecule has 2 aromatic carbocycles. The fourth-order valence-corrected chi connectivity index (χ4v) is 3.32. The van der Waals surface area contributed by atoms with Crippen molar-refractivity contribution in [2.45, 2.75) is 32.2 Å². The van der Waals surface area contributed by atoms with Crippen molar-refractivity contribution in [3.63, 3.8) is 0 Å². The zero-order chi connectivity index (χ0) is 16.4. The highest BCUT2D eigenvalue weighted by atomic mass is 35.5. The maximum atomic E-state index is 12.1. The third-order valence-electron chi connectivity index (χ3n) is 4.38. The maximum Gasteiger partial charge on any atom is 0.322 e. The minimum Gasteiger partial charge on any atom is -0.464 e. The van der Waals surface area contributed by atoms with E-state index in [1.54, 1.807) is 0 Å². The molecular weight excluding hydrogens is 322 g/mol. The van der Waals surface area contributed by atoms with Crippen molar-refractivity contribution >= 4 is 18.4 Å². The van der Waals surface area contributed by atoms with E-state index in [2.05, 4.69) is 38.1 Å². The smallest absolute Gasteiger partial charge is 0.322 e. The quantitative estimate of drug-likeness (QED) is 0.829. The molecule has 3 nitrogen and oxygen atoms in total. The highest BCUT2D eigenvalue weighted by Gasteiger charge is 2.29. The summed E-state index contributed by atoms with van der Waals surface area (Å²) in [7, 11) is 0. The number of carbonyl (C=O) groups excluding carboxylic acids is 1. The second-order valence-corrected chi connectivity index (χ2v) is 6.59. The van der Waals surface area contributed by atoms with E-state index in [1.807, 2.05) is 24.3 Å². The van der Waals surface area contributed by atoms with Crippen molar-refractivity contribution < 1.29 is 9.53 Å². The van der Waals surface area contributed by atoms with Crippen LogP contribution in [-0.4, -0.2) is 18.6 Å². The number of halogens is 1. The summed E-state index contributed by atoms with van der Waals surface area (Å²) in [6, 6.07) is 16.1. The molecule has 0 aliphatic heterocycles. The maximum absolute atomic E-state index is 12.1. The number of benzene rings is 2. The molecule has 1 aliphatic carbocycles. The number of fused-ring (bicyclic) bond motifs is 3. The molecule has 128 valence electrons. The summed E-state index contributed by atoms with van der Waals surface area (Å²) < 4.78 is 5.54. The molecule has 1 atom stereocenters. The third kappa shape index (κ3) is 3.63. The second kappa shape index (κ2) is 7.82. The fraction of sp³-hybridized carbons (Fsp3) is 0.350. The van der Waals surface area contributed by atoms with Gasteiger partial charge in [0.2, 0.25) is 0 Å². The van der Waals surface area contributed by atoms with Crippen molar-refractivity contribution in [2.24, 2.45) is 11.7 Å². The van der Waals surface area contributed by atoms with Crippen LogP contribution in [0.4, 0.5) is 0 Å². The summed E-state index contributed by atoms with van der Waals surface area (Å²) in [5, 5.41) is 0. The molecule has 0 amide bonds. The Bertz CT molecular complexity index is 669. The Balaban J connectivity index is 0.00000208. The number of nitrogens with two attached hydrogens (primary N) is 1. The molecule has 0 bridgehead atoms. The van der Waals surface area contributed by atoms with E-state index in [4.69, 9.17) is 10.5 Å². The minimum atomic E-state index is -0.540. The molecule has 2 N–H and O–H groups in total. The number of ether oxygens (including phenoxy) is 1. The van der Waals surface area contributed by atoms with Crippen LogP contribution in [0.1, 0.15) is 37.3 Å². The van der Waals surface area contributed by atoms with Gasteiger partial charge in [0, 0.05) is 5.92 Å². The molecule has 0 radical (unpaired) electrons. The second-order valence-electron chi connectivity index (χ2n) is 6.59. The van der Waals surface area contributed by atoms with Gasteiger partial charge in [0.15, 0.2) is 0 Å².